The van der Waals surface area contributed by atoms with Crippen molar-refractivity contribution < 1.29 is 10.2 Å². The van der Waals surface area contributed by atoms with Gasteiger partial charge in [0.15, 0.2) is 0 Å². The summed E-state index contributed by atoms with van der Waals surface area (Å²) >= 11 is 0. The van der Waals surface area contributed by atoms with Gasteiger partial charge in [0.1, 0.15) is 0 Å². The SMILES string of the molecule is C[C@]12CC[C@H]3[C@@H](C=CC4=CCCC[C@@]43CO)[C@@H]1CC[C@@H]2CCO. The molecule has 2 fully saturated rings. The van der Waals surface area contributed by atoms with E-state index in [0.717, 1.165) is 12.3 Å². The topological polar surface area (TPSA) is 40.5 Å². The first kappa shape index (κ1) is 15.9. The summed E-state index contributed by atoms with van der Waals surface area (Å²) < 4.78 is 0. The van der Waals surface area contributed by atoms with Gasteiger partial charge in [-0.3, -0.25) is 0 Å². The van der Waals surface area contributed by atoms with E-state index < -0.39 is 0 Å². The molecule has 0 amide bonds. The quantitative estimate of drug-likeness (QED) is 0.823. The van der Waals surface area contributed by atoms with E-state index in [2.05, 4.69) is 25.2 Å². The van der Waals surface area contributed by atoms with Crippen molar-refractivity contribution in [3.8, 4) is 0 Å². The Morgan fingerprint density at radius 1 is 1.13 bits per heavy atom. The largest absolute Gasteiger partial charge is 0.396 e. The van der Waals surface area contributed by atoms with E-state index in [0.29, 0.717) is 36.4 Å². The molecule has 0 aliphatic heterocycles. The highest BCUT2D eigenvalue weighted by atomic mass is 16.3. The molecule has 0 bridgehead atoms. The molecule has 0 unspecified atom stereocenters. The second kappa shape index (κ2) is 5.74. The normalized spacial score (nSPS) is 48.4. The lowest BCUT2D eigenvalue weighted by atomic mass is 9.48. The monoisotopic (exact) mass is 316 g/mol. The first-order chi connectivity index (χ1) is 11.2. The molecule has 0 aromatic carbocycles. The van der Waals surface area contributed by atoms with Gasteiger partial charge < -0.3 is 10.2 Å². The van der Waals surface area contributed by atoms with E-state index in [-0.39, 0.29) is 5.41 Å². The summed E-state index contributed by atoms with van der Waals surface area (Å²) in [6.45, 7) is 3.16. The minimum Gasteiger partial charge on any atom is -0.396 e. The molecule has 2 saturated carbocycles. The summed E-state index contributed by atoms with van der Waals surface area (Å²) in [5, 5.41) is 19.8. The van der Waals surface area contributed by atoms with Gasteiger partial charge in [-0.05, 0) is 86.0 Å². The fraction of sp³-hybridized carbons (Fsp3) is 0.810. The highest BCUT2D eigenvalue weighted by molar-refractivity contribution is 5.36. The van der Waals surface area contributed by atoms with Gasteiger partial charge in [-0.25, -0.2) is 0 Å². The molecule has 2 nitrogen and oxygen atoms in total. The van der Waals surface area contributed by atoms with Crippen LogP contribution >= 0.6 is 0 Å². The van der Waals surface area contributed by atoms with Crippen LogP contribution in [0.1, 0.15) is 58.3 Å². The van der Waals surface area contributed by atoms with Gasteiger partial charge in [-0.1, -0.05) is 25.2 Å². The third-order valence-electron chi connectivity index (χ3n) is 8.26. The van der Waals surface area contributed by atoms with Gasteiger partial charge in [0.05, 0.1) is 6.61 Å². The molecule has 0 aromatic rings. The summed E-state index contributed by atoms with van der Waals surface area (Å²) in [6, 6.07) is 0. The van der Waals surface area contributed by atoms with Crippen molar-refractivity contribution in [3.63, 3.8) is 0 Å². The van der Waals surface area contributed by atoms with E-state index in [1.54, 1.807) is 0 Å². The lowest BCUT2D eigenvalue weighted by Gasteiger charge is -2.56. The Labute approximate surface area is 140 Å². The summed E-state index contributed by atoms with van der Waals surface area (Å²) in [5.41, 5.74) is 1.88. The van der Waals surface area contributed by atoms with Gasteiger partial charge in [0.25, 0.3) is 0 Å². The van der Waals surface area contributed by atoms with Crippen LogP contribution in [0.3, 0.4) is 0 Å². The number of rotatable bonds is 3. The smallest absolute Gasteiger partial charge is 0.0530 e. The first-order valence-electron chi connectivity index (χ1n) is 9.76. The summed E-state index contributed by atoms with van der Waals surface area (Å²) in [4.78, 5) is 0. The first-order valence-corrected chi connectivity index (χ1v) is 9.76. The molecule has 0 aromatic heterocycles. The van der Waals surface area contributed by atoms with Crippen molar-refractivity contribution >= 4 is 0 Å². The second-order valence-electron chi connectivity index (χ2n) is 8.85. The predicted octanol–water partition coefficient (Wildman–Crippen LogP) is 4.09. The molecule has 6 atom stereocenters. The molecule has 4 aliphatic carbocycles. The molecule has 0 saturated heterocycles. The fourth-order valence-corrected chi connectivity index (χ4v) is 7.01. The summed E-state index contributed by atoms with van der Waals surface area (Å²) in [5.74, 6) is 2.72. The van der Waals surface area contributed by atoms with E-state index >= 15 is 0 Å². The highest BCUT2D eigenvalue weighted by Gasteiger charge is 2.58. The van der Waals surface area contributed by atoms with Crippen molar-refractivity contribution in [2.45, 2.75) is 58.3 Å². The second-order valence-corrected chi connectivity index (χ2v) is 8.85. The number of hydrogen-bond donors (Lipinski definition) is 2. The Morgan fingerprint density at radius 3 is 2.78 bits per heavy atom. The van der Waals surface area contributed by atoms with Crippen LogP contribution in [0.15, 0.2) is 23.8 Å². The van der Waals surface area contributed by atoms with E-state index in [4.69, 9.17) is 0 Å². The van der Waals surface area contributed by atoms with Crippen LogP contribution in [0, 0.1) is 34.5 Å². The third-order valence-corrected chi connectivity index (χ3v) is 8.26. The zero-order valence-electron chi connectivity index (χ0n) is 14.5. The molecule has 4 aliphatic rings. The molecule has 4 rings (SSSR count). The zero-order valence-corrected chi connectivity index (χ0v) is 14.5. The van der Waals surface area contributed by atoms with Crippen molar-refractivity contribution in [1.82, 2.24) is 0 Å². The number of allylic oxidation sites excluding steroid dienone is 3. The van der Waals surface area contributed by atoms with Crippen LogP contribution in [-0.2, 0) is 0 Å². The van der Waals surface area contributed by atoms with Gasteiger partial charge in [-0.15, -0.1) is 0 Å². The van der Waals surface area contributed by atoms with Crippen molar-refractivity contribution in [3.05, 3.63) is 23.8 Å². The Hall–Kier alpha value is -0.600. The Kier molecular flexibility index (Phi) is 3.97. The zero-order chi connectivity index (χ0) is 16.1. The Bertz CT molecular complexity index is 522. The van der Waals surface area contributed by atoms with Gasteiger partial charge in [0, 0.05) is 12.0 Å². The molecule has 128 valence electrons. The van der Waals surface area contributed by atoms with E-state index in [1.165, 1.54) is 50.5 Å². The molecule has 0 radical (unpaired) electrons. The molecule has 2 N–H and O–H groups in total. The van der Waals surface area contributed by atoms with Crippen molar-refractivity contribution in [1.29, 1.82) is 0 Å². The molecule has 0 spiro atoms. The Morgan fingerprint density at radius 2 is 2.00 bits per heavy atom. The van der Waals surface area contributed by atoms with Gasteiger partial charge in [-0.2, -0.15) is 0 Å². The fourth-order valence-electron chi connectivity index (χ4n) is 7.01. The summed E-state index contributed by atoms with van der Waals surface area (Å²) in [6.07, 6.45) is 16.9. The number of aliphatic hydroxyl groups excluding tert-OH is 2. The summed E-state index contributed by atoms with van der Waals surface area (Å²) in [7, 11) is 0. The van der Waals surface area contributed by atoms with Crippen LogP contribution in [-0.4, -0.2) is 23.4 Å². The van der Waals surface area contributed by atoms with Crippen LogP contribution < -0.4 is 0 Å². The predicted molar refractivity (Wildman–Crippen MR) is 92.8 cm³/mol. The van der Waals surface area contributed by atoms with Crippen molar-refractivity contribution in [2.75, 3.05) is 13.2 Å². The molecule has 0 heterocycles. The maximum atomic E-state index is 10.3. The van der Waals surface area contributed by atoms with Crippen LogP contribution in [0.2, 0.25) is 0 Å². The standard InChI is InChI=1S/C21H32O2/c1-20-12-9-19-17(18(20)8-6-15(20)10-13-22)7-5-16-4-2-3-11-21(16,19)14-23/h4-5,7,15,17-19,22-23H,2-3,6,8-14H2,1H3/t15-,17+,18+,19+,20-,21-/m1/s1. The van der Waals surface area contributed by atoms with Crippen LogP contribution in [0.25, 0.3) is 0 Å². The number of fused-ring (bicyclic) bond motifs is 5. The van der Waals surface area contributed by atoms with E-state index in [9.17, 15) is 10.2 Å². The maximum Gasteiger partial charge on any atom is 0.0530 e. The van der Waals surface area contributed by atoms with Crippen LogP contribution in [0.4, 0.5) is 0 Å². The van der Waals surface area contributed by atoms with Crippen molar-refractivity contribution in [2.24, 2.45) is 34.5 Å². The third kappa shape index (κ3) is 2.14. The average Bonchev–Trinajstić information content (AvgIpc) is 2.91. The minimum atomic E-state index is 0.0497. The number of hydrogen-bond acceptors (Lipinski definition) is 2. The molecular formula is C21H32O2. The number of aliphatic hydroxyl groups is 2. The lowest BCUT2D eigenvalue weighted by molar-refractivity contribution is -0.0434. The van der Waals surface area contributed by atoms with Gasteiger partial charge in [0.2, 0.25) is 0 Å². The minimum absolute atomic E-state index is 0.0497. The Balaban J connectivity index is 1.69. The average molecular weight is 316 g/mol. The molecule has 2 heteroatoms. The molecule has 23 heavy (non-hydrogen) atoms. The van der Waals surface area contributed by atoms with E-state index in [1.807, 2.05) is 0 Å². The lowest BCUT2D eigenvalue weighted by Crippen LogP contribution is -2.51. The van der Waals surface area contributed by atoms with Gasteiger partial charge >= 0.3 is 0 Å². The maximum absolute atomic E-state index is 10.3. The molecular weight excluding hydrogens is 284 g/mol. The highest BCUT2D eigenvalue weighted by Crippen LogP contribution is 2.65. The van der Waals surface area contributed by atoms with Crippen LogP contribution in [0.5, 0.6) is 0 Å².